The molecule has 0 bridgehead atoms. The molecule has 6 nitrogen and oxygen atoms in total. The van der Waals surface area contributed by atoms with Crippen molar-refractivity contribution in [1.82, 2.24) is 15.6 Å². The van der Waals surface area contributed by atoms with E-state index in [1.165, 1.54) is 12.8 Å². The summed E-state index contributed by atoms with van der Waals surface area (Å²) in [5.74, 6) is 1.27. The van der Waals surface area contributed by atoms with E-state index in [0.717, 1.165) is 30.2 Å². The van der Waals surface area contributed by atoms with Crippen LogP contribution in [-0.4, -0.2) is 41.9 Å². The molecule has 1 aliphatic heterocycles. The Bertz CT molecular complexity index is 542. The predicted octanol–water partition coefficient (Wildman–Crippen LogP) is 2.20. The summed E-state index contributed by atoms with van der Waals surface area (Å²) >= 11 is 0. The molecule has 24 heavy (non-hydrogen) atoms. The molecular formula is C18H30N4O2. The lowest BCUT2D eigenvalue weighted by Crippen LogP contribution is -2.44. The molecule has 2 rings (SSSR count). The second-order valence-corrected chi connectivity index (χ2v) is 6.82. The number of carbonyl (C=O) groups excluding carboxylic acids is 1. The third-order valence-electron chi connectivity index (χ3n) is 4.50. The fourth-order valence-corrected chi connectivity index (χ4v) is 3.02. The van der Waals surface area contributed by atoms with Gasteiger partial charge in [0.15, 0.2) is 0 Å². The van der Waals surface area contributed by atoms with Crippen LogP contribution >= 0.6 is 0 Å². The van der Waals surface area contributed by atoms with Crippen LogP contribution in [0.25, 0.3) is 0 Å². The first-order valence-electron chi connectivity index (χ1n) is 8.88. The van der Waals surface area contributed by atoms with E-state index in [4.69, 9.17) is 5.11 Å². The number of nitrogens with zero attached hydrogens (tertiary/aromatic N) is 2. The van der Waals surface area contributed by atoms with Gasteiger partial charge in [-0.3, -0.25) is 0 Å². The molecule has 1 aliphatic rings. The number of aliphatic hydroxyl groups is 1. The van der Waals surface area contributed by atoms with Gasteiger partial charge in [-0.05, 0) is 38.2 Å². The third kappa shape index (κ3) is 5.09. The Kier molecular flexibility index (Phi) is 6.85. The summed E-state index contributed by atoms with van der Waals surface area (Å²) in [6, 6.07) is 3.81. The highest BCUT2D eigenvalue weighted by Gasteiger charge is 2.19. The van der Waals surface area contributed by atoms with Crippen LogP contribution in [0, 0.1) is 12.8 Å². The fraction of sp³-hybridized carbons (Fsp3) is 0.667. The minimum Gasteiger partial charge on any atom is -0.396 e. The Morgan fingerprint density at radius 3 is 2.67 bits per heavy atom. The zero-order chi connectivity index (χ0) is 17.5. The summed E-state index contributed by atoms with van der Waals surface area (Å²) in [6.45, 7) is 8.65. The second kappa shape index (κ2) is 8.87. The number of amides is 2. The van der Waals surface area contributed by atoms with Crippen LogP contribution in [0.15, 0.2) is 12.1 Å². The van der Waals surface area contributed by atoms with Gasteiger partial charge in [0.25, 0.3) is 0 Å². The van der Waals surface area contributed by atoms with E-state index in [0.29, 0.717) is 13.0 Å². The van der Waals surface area contributed by atoms with Gasteiger partial charge in [0.2, 0.25) is 0 Å². The zero-order valence-electron chi connectivity index (χ0n) is 15.0. The molecule has 1 fully saturated rings. The normalized spacial score (nSPS) is 15.6. The average Bonchev–Trinajstić information content (AvgIpc) is 3.07. The molecule has 1 aromatic rings. The number of rotatable bonds is 7. The van der Waals surface area contributed by atoms with Gasteiger partial charge in [-0.1, -0.05) is 19.9 Å². The smallest absolute Gasteiger partial charge is 0.315 e. The molecule has 2 amide bonds. The SMILES string of the molecule is Cc1ccc(CNC(=O)NC(CCO)C(C)C)c(N2CCCC2)n1. The number of anilines is 1. The molecular weight excluding hydrogens is 304 g/mol. The van der Waals surface area contributed by atoms with Crippen molar-refractivity contribution in [3.63, 3.8) is 0 Å². The Morgan fingerprint density at radius 2 is 2.04 bits per heavy atom. The lowest BCUT2D eigenvalue weighted by Gasteiger charge is -2.23. The van der Waals surface area contributed by atoms with Gasteiger partial charge in [-0.2, -0.15) is 0 Å². The van der Waals surface area contributed by atoms with E-state index in [1.807, 2.05) is 32.9 Å². The van der Waals surface area contributed by atoms with Gasteiger partial charge in [0.1, 0.15) is 5.82 Å². The fourth-order valence-electron chi connectivity index (χ4n) is 3.02. The van der Waals surface area contributed by atoms with E-state index in [1.54, 1.807) is 0 Å². The van der Waals surface area contributed by atoms with Crippen molar-refractivity contribution in [2.75, 3.05) is 24.6 Å². The Morgan fingerprint density at radius 1 is 1.33 bits per heavy atom. The highest BCUT2D eigenvalue weighted by molar-refractivity contribution is 5.74. The van der Waals surface area contributed by atoms with Crippen molar-refractivity contribution in [2.24, 2.45) is 5.92 Å². The van der Waals surface area contributed by atoms with Crippen LogP contribution in [0.5, 0.6) is 0 Å². The number of aryl methyl sites for hydroxylation is 1. The maximum Gasteiger partial charge on any atom is 0.315 e. The molecule has 3 N–H and O–H groups in total. The number of pyridine rings is 1. The molecule has 0 aromatic carbocycles. The molecule has 2 heterocycles. The quantitative estimate of drug-likeness (QED) is 0.714. The van der Waals surface area contributed by atoms with Crippen molar-refractivity contribution in [3.8, 4) is 0 Å². The first-order chi connectivity index (χ1) is 11.5. The number of hydrogen-bond acceptors (Lipinski definition) is 4. The summed E-state index contributed by atoms with van der Waals surface area (Å²) in [6.07, 6.45) is 2.95. The predicted molar refractivity (Wildman–Crippen MR) is 96.1 cm³/mol. The summed E-state index contributed by atoms with van der Waals surface area (Å²) in [7, 11) is 0. The van der Waals surface area contributed by atoms with Gasteiger partial charge in [0, 0.05) is 43.5 Å². The number of aliphatic hydroxyl groups excluding tert-OH is 1. The first kappa shape index (κ1) is 18.5. The molecule has 0 radical (unpaired) electrons. The Balaban J connectivity index is 1.97. The Labute approximate surface area is 144 Å². The van der Waals surface area contributed by atoms with Gasteiger partial charge < -0.3 is 20.6 Å². The van der Waals surface area contributed by atoms with Crippen molar-refractivity contribution >= 4 is 11.8 Å². The number of urea groups is 1. The second-order valence-electron chi connectivity index (χ2n) is 6.82. The van der Waals surface area contributed by atoms with Gasteiger partial charge in [-0.25, -0.2) is 9.78 Å². The van der Waals surface area contributed by atoms with E-state index >= 15 is 0 Å². The standard InChI is InChI=1S/C18H30N4O2/c1-13(2)16(8-11-23)21-18(24)19-12-15-7-6-14(3)20-17(15)22-9-4-5-10-22/h6-7,13,16,23H,4-5,8-12H2,1-3H3,(H2,19,21,24). The number of nitrogens with one attached hydrogen (secondary N) is 2. The zero-order valence-corrected chi connectivity index (χ0v) is 15.0. The minimum atomic E-state index is -0.199. The monoisotopic (exact) mass is 334 g/mol. The Hall–Kier alpha value is -1.82. The van der Waals surface area contributed by atoms with Crippen LogP contribution in [0.2, 0.25) is 0 Å². The van der Waals surface area contributed by atoms with Crippen LogP contribution < -0.4 is 15.5 Å². The lowest BCUT2D eigenvalue weighted by atomic mass is 10.0. The molecule has 0 aliphatic carbocycles. The van der Waals surface area contributed by atoms with E-state index in [-0.39, 0.29) is 24.6 Å². The average molecular weight is 334 g/mol. The maximum atomic E-state index is 12.2. The summed E-state index contributed by atoms with van der Waals surface area (Å²) in [5, 5.41) is 15.0. The largest absolute Gasteiger partial charge is 0.396 e. The van der Waals surface area contributed by atoms with E-state index < -0.39 is 0 Å². The number of carbonyl (C=O) groups is 1. The summed E-state index contributed by atoms with van der Waals surface area (Å²) in [5.41, 5.74) is 2.04. The van der Waals surface area contributed by atoms with E-state index in [2.05, 4.69) is 20.5 Å². The van der Waals surface area contributed by atoms with Crippen molar-refractivity contribution < 1.29 is 9.90 Å². The van der Waals surface area contributed by atoms with Crippen LogP contribution in [0.3, 0.4) is 0 Å². The van der Waals surface area contributed by atoms with Crippen LogP contribution in [-0.2, 0) is 6.54 Å². The molecule has 6 heteroatoms. The highest BCUT2D eigenvalue weighted by Crippen LogP contribution is 2.22. The summed E-state index contributed by atoms with van der Waals surface area (Å²) < 4.78 is 0. The molecule has 1 saturated heterocycles. The van der Waals surface area contributed by atoms with Crippen molar-refractivity contribution in [3.05, 3.63) is 23.4 Å². The van der Waals surface area contributed by atoms with Crippen LogP contribution in [0.4, 0.5) is 10.6 Å². The van der Waals surface area contributed by atoms with Crippen molar-refractivity contribution in [2.45, 2.75) is 52.6 Å². The molecule has 1 atom stereocenters. The molecule has 0 spiro atoms. The van der Waals surface area contributed by atoms with Crippen molar-refractivity contribution in [1.29, 1.82) is 0 Å². The number of aromatic nitrogens is 1. The topological polar surface area (TPSA) is 77.5 Å². The number of hydrogen-bond donors (Lipinski definition) is 3. The minimum absolute atomic E-state index is 0.0239. The molecule has 134 valence electrons. The van der Waals surface area contributed by atoms with Gasteiger partial charge in [-0.15, -0.1) is 0 Å². The molecule has 1 unspecified atom stereocenters. The highest BCUT2D eigenvalue weighted by atomic mass is 16.3. The van der Waals surface area contributed by atoms with Gasteiger partial charge >= 0.3 is 6.03 Å². The maximum absolute atomic E-state index is 12.2. The van der Waals surface area contributed by atoms with Crippen LogP contribution in [0.1, 0.15) is 44.4 Å². The van der Waals surface area contributed by atoms with Gasteiger partial charge in [0.05, 0.1) is 0 Å². The van der Waals surface area contributed by atoms with E-state index in [9.17, 15) is 4.79 Å². The summed E-state index contributed by atoms with van der Waals surface area (Å²) in [4.78, 5) is 19.1. The third-order valence-corrected chi connectivity index (χ3v) is 4.50. The molecule has 1 aromatic heterocycles. The molecule has 0 saturated carbocycles. The lowest BCUT2D eigenvalue weighted by molar-refractivity contribution is 0.218. The first-order valence-corrected chi connectivity index (χ1v) is 8.88.